The van der Waals surface area contributed by atoms with Crippen molar-refractivity contribution in [2.45, 2.75) is 50.9 Å². The van der Waals surface area contributed by atoms with E-state index in [1.807, 2.05) is 18.3 Å². The lowest BCUT2D eigenvalue weighted by molar-refractivity contribution is 0.0765. The Labute approximate surface area is 220 Å². The summed E-state index contributed by atoms with van der Waals surface area (Å²) in [7, 11) is 4.98. The Balaban J connectivity index is 1.47. The Bertz CT molecular complexity index is 1360. The lowest BCUT2D eigenvalue weighted by atomic mass is 9.90. The third-order valence-electron chi connectivity index (χ3n) is 7.05. The average molecular weight is 522 g/mol. The van der Waals surface area contributed by atoms with E-state index in [1.165, 1.54) is 0 Å². The number of hydrogen-bond donors (Lipinski definition) is 3. The molecule has 0 spiro atoms. The molecule has 1 aliphatic heterocycles. The predicted molar refractivity (Wildman–Crippen MR) is 138 cm³/mol. The molecule has 0 saturated heterocycles. The molecule has 1 aliphatic carbocycles. The number of carbonyl (C=O) groups excluding carboxylic acids is 1. The molecule has 3 heterocycles. The maximum absolute atomic E-state index is 13.7. The zero-order chi connectivity index (χ0) is 26.8. The summed E-state index contributed by atoms with van der Waals surface area (Å²) in [6.07, 6.45) is 5.88. The molecule has 3 N–H and O–H groups in total. The van der Waals surface area contributed by atoms with Crippen molar-refractivity contribution in [3.63, 3.8) is 0 Å². The Hall–Kier alpha value is -4.35. The first-order chi connectivity index (χ1) is 18.4. The summed E-state index contributed by atoms with van der Waals surface area (Å²) < 4.78 is 12.5. The minimum Gasteiger partial charge on any atom is -0.497 e. The molecule has 12 heteroatoms. The summed E-state index contributed by atoms with van der Waals surface area (Å²) >= 11 is 0. The van der Waals surface area contributed by atoms with Gasteiger partial charge in [0.1, 0.15) is 11.5 Å². The summed E-state index contributed by atoms with van der Waals surface area (Å²) in [5.41, 5.74) is 3.10. The number of fused-ring (bicyclic) bond motifs is 1. The fourth-order valence-corrected chi connectivity index (χ4v) is 5.19. The zero-order valence-electron chi connectivity index (χ0n) is 21.6. The number of amides is 2. The number of carboxylic acid groups (broad SMARTS) is 1. The third kappa shape index (κ3) is 5.06. The third-order valence-corrected chi connectivity index (χ3v) is 7.05. The maximum Gasteiger partial charge on any atom is 0.404 e. The second kappa shape index (κ2) is 10.6. The van der Waals surface area contributed by atoms with Crippen molar-refractivity contribution in [2.24, 2.45) is 7.05 Å². The first kappa shape index (κ1) is 25.3. The maximum atomic E-state index is 13.7. The van der Waals surface area contributed by atoms with Gasteiger partial charge in [-0.1, -0.05) is 12.8 Å². The Morgan fingerprint density at radius 2 is 1.95 bits per heavy atom. The van der Waals surface area contributed by atoms with E-state index in [0.717, 1.165) is 31.2 Å². The quantitative estimate of drug-likeness (QED) is 0.407. The number of nitrogens with one attached hydrogen (secondary N) is 2. The summed E-state index contributed by atoms with van der Waals surface area (Å²) in [6, 6.07) is 5.10. The average Bonchev–Trinajstić information content (AvgIpc) is 3.47. The zero-order valence-corrected chi connectivity index (χ0v) is 21.6. The SMILES string of the molecule is COc1ccc(CN2Cc3nc(N[C@@H]4CCCC[C@@H]4NC(=O)O)nc(-c4cnn(C)c4)c3C2=O)c(OC)c1. The van der Waals surface area contributed by atoms with E-state index in [2.05, 4.69) is 15.7 Å². The van der Waals surface area contributed by atoms with Crippen LogP contribution >= 0.6 is 0 Å². The molecule has 3 aromatic rings. The molecule has 2 atom stereocenters. The van der Waals surface area contributed by atoms with E-state index in [1.54, 1.807) is 43.1 Å². The van der Waals surface area contributed by atoms with Crippen LogP contribution in [0.3, 0.4) is 0 Å². The van der Waals surface area contributed by atoms with Gasteiger partial charge in [0.2, 0.25) is 5.95 Å². The largest absolute Gasteiger partial charge is 0.497 e. The highest BCUT2D eigenvalue weighted by molar-refractivity contribution is 6.03. The molecule has 2 aromatic heterocycles. The molecule has 38 heavy (non-hydrogen) atoms. The normalized spacial score (nSPS) is 18.7. The smallest absolute Gasteiger partial charge is 0.404 e. The molecule has 5 rings (SSSR count). The topological polar surface area (TPSA) is 144 Å². The highest BCUT2D eigenvalue weighted by Gasteiger charge is 2.35. The molecule has 1 saturated carbocycles. The van der Waals surface area contributed by atoms with Crippen molar-refractivity contribution in [1.29, 1.82) is 0 Å². The van der Waals surface area contributed by atoms with Gasteiger partial charge in [-0.25, -0.2) is 14.8 Å². The molecule has 2 amide bonds. The van der Waals surface area contributed by atoms with Crippen LogP contribution in [0.25, 0.3) is 11.3 Å². The van der Waals surface area contributed by atoms with Crippen LogP contribution in [0.2, 0.25) is 0 Å². The molecule has 0 bridgehead atoms. The number of benzene rings is 1. The molecule has 12 nitrogen and oxygen atoms in total. The van der Waals surface area contributed by atoms with E-state index < -0.39 is 6.09 Å². The van der Waals surface area contributed by atoms with E-state index in [-0.39, 0.29) is 18.0 Å². The number of ether oxygens (including phenoxy) is 2. The van der Waals surface area contributed by atoms with Crippen LogP contribution in [0.4, 0.5) is 10.7 Å². The fraction of sp³-hybridized carbons (Fsp3) is 0.423. The number of hydrogen-bond acceptors (Lipinski definition) is 8. The van der Waals surface area contributed by atoms with Crippen molar-refractivity contribution < 1.29 is 24.2 Å². The second-order valence-electron chi connectivity index (χ2n) is 9.55. The molecule has 2 aliphatic rings. The lowest BCUT2D eigenvalue weighted by Crippen LogP contribution is -2.48. The molecule has 0 radical (unpaired) electrons. The van der Waals surface area contributed by atoms with Crippen molar-refractivity contribution in [3.8, 4) is 22.8 Å². The summed E-state index contributed by atoms with van der Waals surface area (Å²) in [5.74, 6) is 1.48. The predicted octanol–water partition coefficient (Wildman–Crippen LogP) is 3.04. The van der Waals surface area contributed by atoms with Crippen molar-refractivity contribution in [2.75, 3.05) is 19.5 Å². The fourth-order valence-electron chi connectivity index (χ4n) is 5.19. The monoisotopic (exact) mass is 521 g/mol. The summed E-state index contributed by atoms with van der Waals surface area (Å²) in [5, 5.41) is 19.5. The van der Waals surface area contributed by atoms with Crippen molar-refractivity contribution >= 4 is 17.9 Å². The standard InChI is InChI=1S/C26H31N7O5/c1-32-12-16(11-27-32)23-22-20(29-25(31-23)28-18-6-4-5-7-19(18)30-26(35)36)14-33(24(22)34)13-15-8-9-17(37-2)10-21(15)38-3/h8-12,18-19,30H,4-7,13-14H2,1-3H3,(H,35,36)(H,28,29,31)/t18-,19+/m1/s1. The van der Waals surface area contributed by atoms with Gasteiger partial charge < -0.3 is 30.1 Å². The molecule has 0 unspecified atom stereocenters. The number of nitrogens with zero attached hydrogens (tertiary/aromatic N) is 5. The molecular formula is C26H31N7O5. The van der Waals surface area contributed by atoms with Crippen LogP contribution in [0.5, 0.6) is 11.5 Å². The Kier molecular flexibility index (Phi) is 7.03. The molecule has 200 valence electrons. The van der Waals surface area contributed by atoms with E-state index >= 15 is 0 Å². The van der Waals surface area contributed by atoms with Gasteiger partial charge in [-0.2, -0.15) is 5.10 Å². The molecule has 1 fully saturated rings. The number of aromatic nitrogens is 4. The van der Waals surface area contributed by atoms with Gasteiger partial charge in [0, 0.05) is 36.5 Å². The van der Waals surface area contributed by atoms with Crippen LogP contribution in [0.1, 0.15) is 47.3 Å². The summed E-state index contributed by atoms with van der Waals surface area (Å²) in [6.45, 7) is 0.625. The van der Waals surface area contributed by atoms with Gasteiger partial charge in [0.15, 0.2) is 0 Å². The highest BCUT2D eigenvalue weighted by atomic mass is 16.5. The van der Waals surface area contributed by atoms with E-state index in [9.17, 15) is 14.7 Å². The first-order valence-electron chi connectivity index (χ1n) is 12.5. The minimum atomic E-state index is -1.05. The Morgan fingerprint density at radius 3 is 2.63 bits per heavy atom. The molecular weight excluding hydrogens is 490 g/mol. The van der Waals surface area contributed by atoms with Crippen molar-refractivity contribution in [3.05, 3.63) is 47.4 Å². The van der Waals surface area contributed by atoms with Gasteiger partial charge in [-0.3, -0.25) is 9.48 Å². The van der Waals surface area contributed by atoms with Crippen LogP contribution < -0.4 is 20.1 Å². The van der Waals surface area contributed by atoms with Gasteiger partial charge in [0.05, 0.1) is 56.5 Å². The van der Waals surface area contributed by atoms with Gasteiger partial charge in [-0.05, 0) is 25.0 Å². The molecule has 1 aromatic carbocycles. The van der Waals surface area contributed by atoms with Crippen molar-refractivity contribution in [1.82, 2.24) is 30.0 Å². The van der Waals surface area contributed by atoms with E-state index in [4.69, 9.17) is 19.4 Å². The van der Waals surface area contributed by atoms with Gasteiger partial charge in [0.25, 0.3) is 5.91 Å². The minimum absolute atomic E-state index is 0.156. The lowest BCUT2D eigenvalue weighted by Gasteiger charge is -2.32. The number of carbonyl (C=O) groups is 2. The second-order valence-corrected chi connectivity index (χ2v) is 9.55. The number of aryl methyl sites for hydroxylation is 1. The van der Waals surface area contributed by atoms with Crippen LogP contribution in [0, 0.1) is 0 Å². The van der Waals surface area contributed by atoms with Gasteiger partial charge in [-0.15, -0.1) is 0 Å². The van der Waals surface area contributed by atoms with Crippen LogP contribution in [-0.2, 0) is 20.1 Å². The van der Waals surface area contributed by atoms with E-state index in [0.29, 0.717) is 53.1 Å². The van der Waals surface area contributed by atoms with Gasteiger partial charge >= 0.3 is 6.09 Å². The van der Waals surface area contributed by atoms with Crippen LogP contribution in [0.15, 0.2) is 30.6 Å². The first-order valence-corrected chi connectivity index (χ1v) is 12.5. The number of anilines is 1. The summed E-state index contributed by atoms with van der Waals surface area (Å²) in [4.78, 5) is 36.2. The number of rotatable bonds is 8. The Morgan fingerprint density at radius 1 is 1.16 bits per heavy atom. The van der Waals surface area contributed by atoms with Crippen LogP contribution in [-0.4, -0.2) is 68.1 Å². The highest BCUT2D eigenvalue weighted by Crippen LogP contribution is 2.34. The number of methoxy groups -OCH3 is 2.